The van der Waals surface area contributed by atoms with Crippen LogP contribution in [0.5, 0.6) is 0 Å². The van der Waals surface area contributed by atoms with Crippen LogP contribution in [-0.4, -0.2) is 69.0 Å². The van der Waals surface area contributed by atoms with E-state index in [9.17, 15) is 27.6 Å². The van der Waals surface area contributed by atoms with Crippen molar-refractivity contribution >= 4 is 45.1 Å². The van der Waals surface area contributed by atoms with Crippen molar-refractivity contribution in [2.24, 2.45) is 0 Å². The molecule has 2 aliphatic heterocycles. The molecule has 1 unspecified atom stereocenters. The molecular formula is C28H30ClNO8S. The lowest BCUT2D eigenvalue weighted by Gasteiger charge is -2.37. The summed E-state index contributed by atoms with van der Waals surface area (Å²) in [6, 6.07) is 9.71. The van der Waals surface area contributed by atoms with Crippen LogP contribution in [0, 0.1) is 6.92 Å². The number of hydrogen-bond acceptors (Lipinski definition) is 8. The second kappa shape index (κ2) is 11.1. The normalized spacial score (nSPS) is 18.8. The van der Waals surface area contributed by atoms with Crippen molar-refractivity contribution in [2.75, 3.05) is 26.5 Å². The molecule has 2 aromatic rings. The van der Waals surface area contributed by atoms with Crippen LogP contribution in [0.1, 0.15) is 49.1 Å². The Morgan fingerprint density at radius 2 is 1.82 bits per heavy atom. The van der Waals surface area contributed by atoms with E-state index in [2.05, 4.69) is 4.74 Å². The predicted molar refractivity (Wildman–Crippen MR) is 143 cm³/mol. The van der Waals surface area contributed by atoms with Crippen molar-refractivity contribution in [1.82, 2.24) is 4.90 Å². The standard InChI is InChI=1S/C28H30ClNO8S/c1-17-14-21(18-6-4-7-19(15-18)39(3,35)36)22(29)16-20(17)25-26(33)28(38-27(25)34)10-12-30(13-11-28)23(31)8-5-9-24(32)37-2/h4,6-7,14-16,25H,5,8-13H2,1-3H3. The van der Waals surface area contributed by atoms with Gasteiger partial charge in [-0.1, -0.05) is 23.7 Å². The summed E-state index contributed by atoms with van der Waals surface area (Å²) in [5.74, 6) is -2.64. The van der Waals surface area contributed by atoms with Gasteiger partial charge in [-0.3, -0.25) is 19.2 Å². The molecule has 1 spiro atoms. The van der Waals surface area contributed by atoms with E-state index in [0.717, 1.165) is 6.26 Å². The fourth-order valence-electron chi connectivity index (χ4n) is 5.17. The molecule has 1 amide bonds. The number of carbonyl (C=O) groups is 4. The molecule has 2 fully saturated rings. The van der Waals surface area contributed by atoms with E-state index in [1.165, 1.54) is 19.2 Å². The topological polar surface area (TPSA) is 124 Å². The first-order valence-corrected chi connectivity index (χ1v) is 14.9. The number of piperidine rings is 1. The SMILES string of the molecule is COC(=O)CCCC(=O)N1CCC2(CC1)OC(=O)C(c1cc(Cl)c(-c3cccc(S(C)(=O)=O)c3)cc1C)C2=O. The van der Waals surface area contributed by atoms with Gasteiger partial charge in [-0.25, -0.2) is 8.42 Å². The Morgan fingerprint density at radius 1 is 1.13 bits per heavy atom. The molecule has 2 heterocycles. The fourth-order valence-corrected chi connectivity index (χ4v) is 6.12. The van der Waals surface area contributed by atoms with Gasteiger partial charge >= 0.3 is 11.9 Å². The van der Waals surface area contributed by atoms with Crippen LogP contribution in [0.4, 0.5) is 0 Å². The van der Waals surface area contributed by atoms with E-state index in [1.807, 2.05) is 0 Å². The molecule has 2 saturated heterocycles. The Kier molecular flexibility index (Phi) is 8.18. The van der Waals surface area contributed by atoms with Crippen LogP contribution in [0.3, 0.4) is 0 Å². The number of likely N-dealkylation sites (tertiary alicyclic amines) is 1. The number of halogens is 1. The molecule has 0 aliphatic carbocycles. The number of Topliss-reactive ketones (excluding diaryl/α,β-unsaturated/α-hetero) is 1. The zero-order valence-corrected chi connectivity index (χ0v) is 23.6. The molecule has 4 rings (SSSR count). The summed E-state index contributed by atoms with van der Waals surface area (Å²) < 4.78 is 34.3. The minimum atomic E-state index is -3.42. The van der Waals surface area contributed by atoms with Crippen LogP contribution in [0.2, 0.25) is 5.02 Å². The number of ether oxygens (including phenoxy) is 2. The molecule has 0 saturated carbocycles. The van der Waals surface area contributed by atoms with Crippen LogP contribution >= 0.6 is 11.6 Å². The highest BCUT2D eigenvalue weighted by atomic mass is 35.5. The van der Waals surface area contributed by atoms with Crippen molar-refractivity contribution in [3.05, 3.63) is 52.5 Å². The van der Waals surface area contributed by atoms with Gasteiger partial charge in [0.2, 0.25) is 5.91 Å². The van der Waals surface area contributed by atoms with Crippen LogP contribution in [-0.2, 0) is 38.5 Å². The molecule has 2 aromatic carbocycles. The number of hydrogen-bond donors (Lipinski definition) is 0. The Bertz CT molecular complexity index is 1440. The third-order valence-corrected chi connectivity index (χ3v) is 8.83. The monoisotopic (exact) mass is 575 g/mol. The number of nitrogens with zero attached hydrogens (tertiary/aromatic N) is 1. The zero-order valence-electron chi connectivity index (χ0n) is 22.0. The van der Waals surface area contributed by atoms with Crippen molar-refractivity contribution in [3.8, 4) is 11.1 Å². The Morgan fingerprint density at radius 3 is 2.46 bits per heavy atom. The molecule has 39 heavy (non-hydrogen) atoms. The lowest BCUT2D eigenvalue weighted by molar-refractivity contribution is -0.158. The van der Waals surface area contributed by atoms with Crippen molar-refractivity contribution in [2.45, 2.75) is 55.4 Å². The first-order chi connectivity index (χ1) is 18.4. The van der Waals surface area contributed by atoms with Gasteiger partial charge in [-0.2, -0.15) is 0 Å². The summed E-state index contributed by atoms with van der Waals surface area (Å²) in [6.45, 7) is 2.28. The molecule has 0 bridgehead atoms. The Balaban J connectivity index is 1.50. The highest BCUT2D eigenvalue weighted by Gasteiger charge is 2.57. The minimum absolute atomic E-state index is 0.125. The van der Waals surface area contributed by atoms with Gasteiger partial charge in [0.25, 0.3) is 0 Å². The van der Waals surface area contributed by atoms with Crippen LogP contribution in [0.25, 0.3) is 11.1 Å². The maximum absolute atomic E-state index is 13.6. The maximum Gasteiger partial charge on any atom is 0.322 e. The van der Waals surface area contributed by atoms with Crippen LogP contribution < -0.4 is 0 Å². The molecule has 208 valence electrons. The first-order valence-electron chi connectivity index (χ1n) is 12.6. The largest absolute Gasteiger partial charge is 0.469 e. The summed E-state index contributed by atoms with van der Waals surface area (Å²) in [6.07, 6.45) is 2.23. The smallest absolute Gasteiger partial charge is 0.322 e. The van der Waals surface area contributed by atoms with Crippen molar-refractivity contribution < 1.29 is 37.1 Å². The molecule has 11 heteroatoms. The summed E-state index contributed by atoms with van der Waals surface area (Å²) in [5, 5.41) is 0.273. The van der Waals surface area contributed by atoms with Gasteiger partial charge in [0.05, 0.1) is 12.0 Å². The van der Waals surface area contributed by atoms with E-state index >= 15 is 0 Å². The number of esters is 2. The second-order valence-corrected chi connectivity index (χ2v) is 12.4. The van der Waals surface area contributed by atoms with E-state index in [0.29, 0.717) is 28.7 Å². The number of rotatable bonds is 7. The molecular weight excluding hydrogens is 546 g/mol. The van der Waals surface area contributed by atoms with Crippen molar-refractivity contribution in [1.29, 1.82) is 0 Å². The van der Waals surface area contributed by atoms with E-state index in [-0.39, 0.29) is 66.4 Å². The predicted octanol–water partition coefficient (Wildman–Crippen LogP) is 3.63. The van der Waals surface area contributed by atoms with Gasteiger partial charge < -0.3 is 14.4 Å². The Labute approximate surface area is 232 Å². The quantitative estimate of drug-likeness (QED) is 0.362. The fraction of sp³-hybridized carbons (Fsp3) is 0.429. The van der Waals surface area contributed by atoms with E-state index < -0.39 is 27.3 Å². The number of carbonyl (C=O) groups excluding carboxylic acids is 4. The minimum Gasteiger partial charge on any atom is -0.469 e. The van der Waals surface area contributed by atoms with Gasteiger partial charge in [-0.15, -0.1) is 0 Å². The number of sulfone groups is 1. The van der Waals surface area contributed by atoms with Crippen molar-refractivity contribution in [3.63, 3.8) is 0 Å². The highest BCUT2D eigenvalue weighted by molar-refractivity contribution is 7.90. The van der Waals surface area contributed by atoms with Gasteiger partial charge in [0, 0.05) is 55.6 Å². The van der Waals surface area contributed by atoms with Gasteiger partial charge in [-0.05, 0) is 54.3 Å². The summed E-state index contributed by atoms with van der Waals surface area (Å²) in [7, 11) is -2.12. The third kappa shape index (κ3) is 5.86. The summed E-state index contributed by atoms with van der Waals surface area (Å²) in [4.78, 5) is 52.2. The van der Waals surface area contributed by atoms with E-state index in [4.69, 9.17) is 16.3 Å². The van der Waals surface area contributed by atoms with E-state index in [1.54, 1.807) is 36.1 Å². The molecule has 0 radical (unpaired) electrons. The number of benzene rings is 2. The second-order valence-electron chi connectivity index (χ2n) is 10.0. The lowest BCUT2D eigenvalue weighted by atomic mass is 9.80. The summed E-state index contributed by atoms with van der Waals surface area (Å²) >= 11 is 6.59. The van der Waals surface area contributed by atoms with Crippen LogP contribution in [0.15, 0.2) is 41.3 Å². The average molecular weight is 576 g/mol. The average Bonchev–Trinajstić information content (AvgIpc) is 3.13. The zero-order chi connectivity index (χ0) is 28.5. The number of aryl methyl sites for hydroxylation is 1. The molecule has 2 aliphatic rings. The summed E-state index contributed by atoms with van der Waals surface area (Å²) in [5.41, 5.74) is 0.960. The van der Waals surface area contributed by atoms with Gasteiger partial charge in [0.1, 0.15) is 5.92 Å². The molecule has 9 nitrogen and oxygen atoms in total. The number of amides is 1. The lowest BCUT2D eigenvalue weighted by Crippen LogP contribution is -2.50. The first kappa shape index (κ1) is 28.8. The van der Waals surface area contributed by atoms with Gasteiger partial charge in [0.15, 0.2) is 21.2 Å². The molecule has 0 N–H and O–H groups in total. The number of ketones is 1. The maximum atomic E-state index is 13.6. The third-order valence-electron chi connectivity index (χ3n) is 7.41. The molecule has 1 atom stereocenters. The number of methoxy groups -OCH3 is 1. The Hall–Kier alpha value is -3.24. The highest BCUT2D eigenvalue weighted by Crippen LogP contribution is 2.43. The molecule has 0 aromatic heterocycles.